The quantitative estimate of drug-likeness (QED) is 0.0261. The molecule has 0 rings (SSSR count). The zero-order chi connectivity index (χ0) is 59.9. The summed E-state index contributed by atoms with van der Waals surface area (Å²) in [5.41, 5.74) is 0. The van der Waals surface area contributed by atoms with Crippen molar-refractivity contribution in [3.8, 4) is 0 Å². The van der Waals surface area contributed by atoms with Crippen LogP contribution in [0.4, 0.5) is 0 Å². The van der Waals surface area contributed by atoms with Crippen LogP contribution in [0.25, 0.3) is 0 Å². The Balaban J connectivity index is 4.27. The van der Waals surface area contributed by atoms with Gasteiger partial charge in [-0.05, 0) is 89.9 Å². The lowest BCUT2D eigenvalue weighted by atomic mass is 10.0. The molecule has 1 unspecified atom stereocenters. The fourth-order valence-corrected chi connectivity index (χ4v) is 10.8. The number of rotatable bonds is 67. The third kappa shape index (κ3) is 69.5. The third-order valence-electron chi connectivity index (χ3n) is 16.2. The van der Waals surface area contributed by atoms with E-state index in [0.29, 0.717) is 19.3 Å². The van der Waals surface area contributed by atoms with Crippen molar-refractivity contribution >= 4 is 17.9 Å². The van der Waals surface area contributed by atoms with Crippen molar-refractivity contribution in [2.45, 2.75) is 386 Å². The second kappa shape index (κ2) is 71.3. The molecule has 6 nitrogen and oxygen atoms in total. The molecular formula is C77H138O6. The predicted molar refractivity (Wildman–Crippen MR) is 362 cm³/mol. The number of hydrogen-bond donors (Lipinski definition) is 0. The van der Waals surface area contributed by atoms with Gasteiger partial charge in [0.25, 0.3) is 0 Å². The maximum Gasteiger partial charge on any atom is 0.306 e. The smallest absolute Gasteiger partial charge is 0.306 e. The van der Waals surface area contributed by atoms with Gasteiger partial charge in [-0.3, -0.25) is 14.4 Å². The minimum absolute atomic E-state index is 0.0807. The average Bonchev–Trinajstić information content (AvgIpc) is 3.49. The third-order valence-corrected chi connectivity index (χ3v) is 16.2. The molecule has 1 atom stereocenters. The summed E-state index contributed by atoms with van der Waals surface area (Å²) < 4.78 is 17.0. The SMILES string of the molecule is CC/C=C\C/C=C\C/C=C\C/C=C\CCCCCCCCC(=O)OC(COC(=O)CCCCCCCCC/C=C\C/C=C\CCCCC)COC(=O)CCCCCCCCCCCCCCCCCCCCCCCCCCCCCCC. The molecule has 0 aliphatic heterocycles. The maximum atomic E-state index is 13.0. The summed E-state index contributed by atoms with van der Waals surface area (Å²) >= 11 is 0. The molecule has 482 valence electrons. The van der Waals surface area contributed by atoms with E-state index in [1.165, 1.54) is 231 Å². The molecule has 0 aromatic rings. The van der Waals surface area contributed by atoms with E-state index in [9.17, 15) is 14.4 Å². The van der Waals surface area contributed by atoms with Crippen LogP contribution in [-0.4, -0.2) is 37.2 Å². The number of esters is 3. The molecule has 83 heavy (non-hydrogen) atoms. The fourth-order valence-electron chi connectivity index (χ4n) is 10.8. The average molecular weight is 1160 g/mol. The van der Waals surface area contributed by atoms with Gasteiger partial charge in [-0.15, -0.1) is 0 Å². The lowest BCUT2D eigenvalue weighted by molar-refractivity contribution is -0.167. The first-order valence-electron chi connectivity index (χ1n) is 36.4. The first-order chi connectivity index (χ1) is 41.0. The highest BCUT2D eigenvalue weighted by Gasteiger charge is 2.19. The van der Waals surface area contributed by atoms with Crippen LogP contribution < -0.4 is 0 Å². The van der Waals surface area contributed by atoms with E-state index in [4.69, 9.17) is 14.2 Å². The first kappa shape index (κ1) is 79.8. The van der Waals surface area contributed by atoms with Gasteiger partial charge >= 0.3 is 17.9 Å². The fraction of sp³-hybridized carbons (Fsp3) is 0.805. The maximum absolute atomic E-state index is 13.0. The second-order valence-electron chi connectivity index (χ2n) is 24.5. The Kier molecular flexibility index (Phi) is 68.6. The molecule has 0 aliphatic rings. The second-order valence-corrected chi connectivity index (χ2v) is 24.5. The van der Waals surface area contributed by atoms with Crippen molar-refractivity contribution < 1.29 is 28.6 Å². The zero-order valence-corrected chi connectivity index (χ0v) is 55.5. The van der Waals surface area contributed by atoms with E-state index in [1.807, 2.05) is 0 Å². The van der Waals surface area contributed by atoms with Crippen LogP contribution in [0.15, 0.2) is 72.9 Å². The number of unbranched alkanes of at least 4 members (excludes halogenated alkanes) is 44. The van der Waals surface area contributed by atoms with Gasteiger partial charge in [-0.1, -0.05) is 344 Å². The monoisotopic (exact) mass is 1160 g/mol. The van der Waals surface area contributed by atoms with Gasteiger partial charge < -0.3 is 14.2 Å². The van der Waals surface area contributed by atoms with Gasteiger partial charge in [0, 0.05) is 19.3 Å². The van der Waals surface area contributed by atoms with Crippen molar-refractivity contribution in [1.82, 2.24) is 0 Å². The Bertz CT molecular complexity index is 1520. The molecule has 0 aromatic heterocycles. The Morgan fingerprint density at radius 1 is 0.253 bits per heavy atom. The van der Waals surface area contributed by atoms with Crippen LogP contribution >= 0.6 is 0 Å². The van der Waals surface area contributed by atoms with Crippen molar-refractivity contribution in [3.63, 3.8) is 0 Å². The van der Waals surface area contributed by atoms with E-state index < -0.39 is 6.10 Å². The van der Waals surface area contributed by atoms with E-state index in [0.717, 1.165) is 109 Å². The summed E-state index contributed by atoms with van der Waals surface area (Å²) in [6.45, 7) is 6.55. The standard InChI is InChI=1S/C77H138O6/c1-4-7-10-13-16-19-22-25-28-31-33-34-35-36-37-38-39-40-41-42-44-46-49-52-55-58-61-64-67-70-76(79)82-73-74(72-81-75(78)69-66-63-60-57-54-51-48-45-30-27-24-21-18-15-12-9-6-3)83-77(80)71-68-65-62-59-56-53-50-47-43-32-29-26-23-20-17-14-11-8-5-2/h8,11,17-18,20-21,26-27,29-30,43,47,74H,4-7,9-10,12-16,19,22-25,28,31-42,44-46,48-73H2,1-3H3/b11-8-,20-17-,21-18-,29-26-,30-27-,47-43-. The summed E-state index contributed by atoms with van der Waals surface area (Å²) in [5.74, 6) is -0.881. The highest BCUT2D eigenvalue weighted by atomic mass is 16.6. The minimum atomic E-state index is -0.788. The van der Waals surface area contributed by atoms with Crippen LogP contribution in [0.5, 0.6) is 0 Å². The molecule has 0 aliphatic carbocycles. The molecule has 6 heteroatoms. The summed E-state index contributed by atoms with van der Waals surface area (Å²) in [7, 11) is 0. The number of hydrogen-bond acceptors (Lipinski definition) is 6. The van der Waals surface area contributed by atoms with Crippen molar-refractivity contribution in [3.05, 3.63) is 72.9 Å². The van der Waals surface area contributed by atoms with Crippen LogP contribution in [0.3, 0.4) is 0 Å². The zero-order valence-electron chi connectivity index (χ0n) is 55.5. The highest BCUT2D eigenvalue weighted by Crippen LogP contribution is 2.18. The molecular weight excluding hydrogens is 1020 g/mol. The Morgan fingerprint density at radius 2 is 0.470 bits per heavy atom. The van der Waals surface area contributed by atoms with Gasteiger partial charge in [-0.25, -0.2) is 0 Å². The van der Waals surface area contributed by atoms with Crippen LogP contribution in [0.2, 0.25) is 0 Å². The van der Waals surface area contributed by atoms with Gasteiger partial charge in [0.1, 0.15) is 13.2 Å². The minimum Gasteiger partial charge on any atom is -0.462 e. The van der Waals surface area contributed by atoms with E-state index in [2.05, 4.69) is 93.7 Å². The lowest BCUT2D eigenvalue weighted by Crippen LogP contribution is -2.30. The molecule has 0 N–H and O–H groups in total. The molecule has 0 radical (unpaired) electrons. The molecule has 0 bridgehead atoms. The molecule has 0 saturated heterocycles. The van der Waals surface area contributed by atoms with Crippen LogP contribution in [-0.2, 0) is 28.6 Å². The topological polar surface area (TPSA) is 78.9 Å². The summed E-state index contributed by atoms with van der Waals surface area (Å²) in [6.07, 6.45) is 93.7. The van der Waals surface area contributed by atoms with Gasteiger partial charge in [0.2, 0.25) is 0 Å². The highest BCUT2D eigenvalue weighted by molar-refractivity contribution is 5.71. The Hall–Kier alpha value is -3.15. The summed E-state index contributed by atoms with van der Waals surface area (Å²) in [4.78, 5) is 38.5. The number of allylic oxidation sites excluding steroid dienone is 12. The van der Waals surface area contributed by atoms with E-state index in [-0.39, 0.29) is 31.1 Å². The van der Waals surface area contributed by atoms with Crippen molar-refractivity contribution in [2.24, 2.45) is 0 Å². The van der Waals surface area contributed by atoms with Gasteiger partial charge in [-0.2, -0.15) is 0 Å². The van der Waals surface area contributed by atoms with Crippen LogP contribution in [0, 0.1) is 0 Å². The number of ether oxygens (including phenoxy) is 3. The Labute approximate surface area is 516 Å². The Morgan fingerprint density at radius 3 is 0.759 bits per heavy atom. The number of carbonyl (C=O) groups excluding carboxylic acids is 3. The van der Waals surface area contributed by atoms with Crippen molar-refractivity contribution in [1.29, 1.82) is 0 Å². The van der Waals surface area contributed by atoms with Gasteiger partial charge in [0.15, 0.2) is 6.10 Å². The predicted octanol–water partition coefficient (Wildman–Crippen LogP) is 25.2. The normalized spacial score (nSPS) is 12.5. The summed E-state index contributed by atoms with van der Waals surface area (Å²) in [6, 6.07) is 0. The van der Waals surface area contributed by atoms with Crippen molar-refractivity contribution in [2.75, 3.05) is 13.2 Å². The van der Waals surface area contributed by atoms with E-state index in [1.54, 1.807) is 0 Å². The molecule has 0 saturated carbocycles. The molecule has 0 heterocycles. The lowest BCUT2D eigenvalue weighted by Gasteiger charge is -2.18. The largest absolute Gasteiger partial charge is 0.462 e. The molecule has 0 spiro atoms. The molecule has 0 aromatic carbocycles. The molecule has 0 fully saturated rings. The van der Waals surface area contributed by atoms with E-state index >= 15 is 0 Å². The number of carbonyl (C=O) groups is 3. The summed E-state index contributed by atoms with van der Waals surface area (Å²) in [5, 5.41) is 0. The van der Waals surface area contributed by atoms with Crippen LogP contribution in [0.1, 0.15) is 380 Å². The first-order valence-corrected chi connectivity index (χ1v) is 36.4. The molecule has 0 amide bonds. The van der Waals surface area contributed by atoms with Gasteiger partial charge in [0.05, 0.1) is 0 Å².